The molecule has 1 rings (SSSR count). The van der Waals surface area contributed by atoms with E-state index in [9.17, 15) is 14.7 Å². The molecule has 1 aromatic carbocycles. The average Bonchev–Trinajstić information content (AvgIpc) is 2.32. The molecule has 1 aromatic rings. The number of phenols is 1. The second kappa shape index (κ2) is 6.89. The Bertz CT molecular complexity index is 515. The first-order valence-corrected chi connectivity index (χ1v) is 6.32. The molecule has 102 valence electrons. The zero-order chi connectivity index (χ0) is 14.4. The standard InChI is InChI=1S/C12H14BrN3O3/c1-7(2)15-11(18)12(19)16-14-6-8-5-9(13)3-4-10(8)17/h3-7,17H,1-2H3,(H,15,18)(H,16,19)/b14-6-. The molecule has 0 aliphatic carbocycles. The van der Waals surface area contributed by atoms with Gasteiger partial charge in [-0.1, -0.05) is 15.9 Å². The van der Waals surface area contributed by atoms with Gasteiger partial charge >= 0.3 is 11.8 Å². The number of hydrogen-bond donors (Lipinski definition) is 3. The van der Waals surface area contributed by atoms with E-state index in [0.29, 0.717) is 5.56 Å². The van der Waals surface area contributed by atoms with Crippen molar-refractivity contribution in [1.82, 2.24) is 10.7 Å². The summed E-state index contributed by atoms with van der Waals surface area (Å²) < 4.78 is 0.760. The minimum Gasteiger partial charge on any atom is -0.507 e. The Morgan fingerprint density at radius 1 is 1.37 bits per heavy atom. The summed E-state index contributed by atoms with van der Waals surface area (Å²) in [5, 5.41) is 15.6. The van der Waals surface area contributed by atoms with Crippen LogP contribution in [0.25, 0.3) is 0 Å². The number of rotatable bonds is 3. The topological polar surface area (TPSA) is 90.8 Å². The monoisotopic (exact) mass is 327 g/mol. The molecule has 2 amide bonds. The third kappa shape index (κ3) is 5.09. The molecule has 0 spiro atoms. The third-order valence-corrected chi connectivity index (χ3v) is 2.48. The number of phenolic OH excluding ortho intramolecular Hbond substituents is 1. The van der Waals surface area contributed by atoms with Crippen LogP contribution in [0.2, 0.25) is 0 Å². The Hall–Kier alpha value is -1.89. The normalized spacial score (nSPS) is 10.7. The Balaban J connectivity index is 2.61. The molecule has 0 fully saturated rings. The van der Waals surface area contributed by atoms with E-state index >= 15 is 0 Å². The lowest BCUT2D eigenvalue weighted by molar-refractivity contribution is -0.139. The summed E-state index contributed by atoms with van der Waals surface area (Å²) in [6.45, 7) is 3.49. The van der Waals surface area contributed by atoms with Crippen LogP contribution >= 0.6 is 15.9 Å². The molecule has 0 bridgehead atoms. The number of carbonyl (C=O) groups excluding carboxylic acids is 2. The van der Waals surface area contributed by atoms with Crippen LogP contribution in [-0.4, -0.2) is 29.2 Å². The lowest BCUT2D eigenvalue weighted by atomic mass is 10.2. The predicted molar refractivity (Wildman–Crippen MR) is 74.8 cm³/mol. The van der Waals surface area contributed by atoms with Crippen LogP contribution in [0.4, 0.5) is 0 Å². The second-order valence-corrected chi connectivity index (χ2v) is 4.95. The van der Waals surface area contributed by atoms with E-state index in [4.69, 9.17) is 0 Å². The first-order chi connectivity index (χ1) is 8.90. The number of aromatic hydroxyl groups is 1. The van der Waals surface area contributed by atoms with Crippen LogP contribution in [0.15, 0.2) is 27.8 Å². The van der Waals surface area contributed by atoms with Gasteiger partial charge in [0.2, 0.25) is 0 Å². The molecule has 0 unspecified atom stereocenters. The maximum absolute atomic E-state index is 11.3. The van der Waals surface area contributed by atoms with Crippen LogP contribution in [0, 0.1) is 0 Å². The Morgan fingerprint density at radius 2 is 2.05 bits per heavy atom. The quantitative estimate of drug-likeness (QED) is 0.441. The zero-order valence-electron chi connectivity index (χ0n) is 10.5. The molecule has 3 N–H and O–H groups in total. The minimum absolute atomic E-state index is 0.0211. The number of hydrogen-bond acceptors (Lipinski definition) is 4. The van der Waals surface area contributed by atoms with Crippen LogP contribution in [0.1, 0.15) is 19.4 Å². The van der Waals surface area contributed by atoms with E-state index in [1.165, 1.54) is 12.3 Å². The van der Waals surface area contributed by atoms with Gasteiger partial charge in [-0.3, -0.25) is 9.59 Å². The van der Waals surface area contributed by atoms with Gasteiger partial charge in [-0.05, 0) is 32.0 Å². The second-order valence-electron chi connectivity index (χ2n) is 4.03. The predicted octanol–water partition coefficient (Wildman–Crippen LogP) is 1.13. The van der Waals surface area contributed by atoms with E-state index in [2.05, 4.69) is 31.8 Å². The number of benzene rings is 1. The first kappa shape index (κ1) is 15.2. The van der Waals surface area contributed by atoms with E-state index in [0.717, 1.165) is 4.47 Å². The number of nitrogens with zero attached hydrogens (tertiary/aromatic N) is 1. The van der Waals surface area contributed by atoms with E-state index < -0.39 is 11.8 Å². The van der Waals surface area contributed by atoms with Crippen LogP contribution in [0.5, 0.6) is 5.75 Å². The van der Waals surface area contributed by atoms with Crippen LogP contribution < -0.4 is 10.7 Å². The van der Waals surface area contributed by atoms with Gasteiger partial charge in [0, 0.05) is 16.1 Å². The number of amides is 2. The molecule has 0 heterocycles. The average molecular weight is 328 g/mol. The van der Waals surface area contributed by atoms with Crippen molar-refractivity contribution in [3.63, 3.8) is 0 Å². The van der Waals surface area contributed by atoms with Crippen molar-refractivity contribution in [2.45, 2.75) is 19.9 Å². The van der Waals surface area contributed by atoms with Crippen molar-refractivity contribution in [2.24, 2.45) is 5.10 Å². The Kier molecular flexibility index (Phi) is 5.50. The molecule has 0 saturated carbocycles. The lowest BCUT2D eigenvalue weighted by Crippen LogP contribution is -2.41. The van der Waals surface area contributed by atoms with Crippen molar-refractivity contribution in [3.8, 4) is 5.75 Å². The van der Waals surface area contributed by atoms with E-state index in [-0.39, 0.29) is 11.8 Å². The van der Waals surface area contributed by atoms with Gasteiger partial charge in [0.25, 0.3) is 0 Å². The van der Waals surface area contributed by atoms with Gasteiger partial charge < -0.3 is 10.4 Å². The van der Waals surface area contributed by atoms with Crippen molar-refractivity contribution in [3.05, 3.63) is 28.2 Å². The maximum atomic E-state index is 11.3. The Labute approximate surface area is 119 Å². The first-order valence-electron chi connectivity index (χ1n) is 5.52. The molecule has 7 heteroatoms. The van der Waals surface area contributed by atoms with E-state index in [1.54, 1.807) is 26.0 Å². The molecular formula is C12H14BrN3O3. The summed E-state index contributed by atoms with van der Waals surface area (Å²) in [6, 6.07) is 4.65. The summed E-state index contributed by atoms with van der Waals surface area (Å²) in [7, 11) is 0. The molecule has 6 nitrogen and oxygen atoms in total. The molecular weight excluding hydrogens is 314 g/mol. The van der Waals surface area contributed by atoms with Crippen molar-refractivity contribution in [2.75, 3.05) is 0 Å². The summed E-state index contributed by atoms with van der Waals surface area (Å²) in [4.78, 5) is 22.6. The molecule has 0 aliphatic heterocycles. The lowest BCUT2D eigenvalue weighted by Gasteiger charge is -2.06. The highest BCUT2D eigenvalue weighted by atomic mass is 79.9. The fourth-order valence-electron chi connectivity index (χ4n) is 1.17. The summed E-state index contributed by atoms with van der Waals surface area (Å²) in [5.74, 6) is -1.60. The van der Waals surface area contributed by atoms with Crippen molar-refractivity contribution >= 4 is 34.0 Å². The highest BCUT2D eigenvalue weighted by Gasteiger charge is 2.12. The largest absolute Gasteiger partial charge is 0.507 e. The fraction of sp³-hybridized carbons (Fsp3) is 0.250. The van der Waals surface area contributed by atoms with Gasteiger partial charge in [-0.15, -0.1) is 0 Å². The Morgan fingerprint density at radius 3 is 2.68 bits per heavy atom. The van der Waals surface area contributed by atoms with Gasteiger partial charge in [-0.25, -0.2) is 5.43 Å². The SMILES string of the molecule is CC(C)NC(=O)C(=O)N/N=C\c1cc(Br)ccc1O. The smallest absolute Gasteiger partial charge is 0.329 e. The zero-order valence-corrected chi connectivity index (χ0v) is 12.1. The molecule has 0 atom stereocenters. The number of nitrogens with one attached hydrogen (secondary N) is 2. The number of hydrazone groups is 1. The maximum Gasteiger partial charge on any atom is 0.329 e. The highest BCUT2D eigenvalue weighted by Crippen LogP contribution is 2.19. The summed E-state index contributed by atoms with van der Waals surface area (Å²) in [5.41, 5.74) is 2.49. The minimum atomic E-state index is -0.862. The summed E-state index contributed by atoms with van der Waals surface area (Å²) >= 11 is 3.24. The molecule has 19 heavy (non-hydrogen) atoms. The third-order valence-electron chi connectivity index (χ3n) is 1.99. The molecule has 0 radical (unpaired) electrons. The van der Waals surface area contributed by atoms with Gasteiger partial charge in [0.1, 0.15) is 5.75 Å². The van der Waals surface area contributed by atoms with Crippen molar-refractivity contribution < 1.29 is 14.7 Å². The summed E-state index contributed by atoms with van der Waals surface area (Å²) in [6.07, 6.45) is 1.25. The fourth-order valence-corrected chi connectivity index (χ4v) is 1.55. The number of halogens is 1. The van der Waals surface area contributed by atoms with Gasteiger partial charge in [0.05, 0.1) is 6.21 Å². The molecule has 0 aliphatic rings. The number of carbonyl (C=O) groups is 2. The molecule has 0 saturated heterocycles. The van der Waals surface area contributed by atoms with Crippen molar-refractivity contribution in [1.29, 1.82) is 0 Å². The van der Waals surface area contributed by atoms with Gasteiger partial charge in [0.15, 0.2) is 0 Å². The van der Waals surface area contributed by atoms with Gasteiger partial charge in [-0.2, -0.15) is 5.10 Å². The molecule has 0 aromatic heterocycles. The van der Waals surface area contributed by atoms with Crippen LogP contribution in [0.3, 0.4) is 0 Å². The van der Waals surface area contributed by atoms with Crippen LogP contribution in [-0.2, 0) is 9.59 Å². The van der Waals surface area contributed by atoms with E-state index in [1.807, 2.05) is 0 Å². The highest BCUT2D eigenvalue weighted by molar-refractivity contribution is 9.10.